The van der Waals surface area contributed by atoms with Gasteiger partial charge in [0.2, 0.25) is 0 Å². The van der Waals surface area contributed by atoms with Crippen LogP contribution >= 0.6 is 0 Å². The molecule has 6 saturated carbocycles. The molecule has 0 bridgehead atoms. The minimum absolute atomic E-state index is 0.0488. The predicted molar refractivity (Wildman–Crippen MR) is 346 cm³/mol. The number of unbranched alkanes of at least 4 members (excludes halogenated alkanes) is 4. The molecule has 10 heteroatoms. The molecule has 0 aromatic rings. The highest BCUT2D eigenvalue weighted by molar-refractivity contribution is 5.71. The van der Waals surface area contributed by atoms with Crippen LogP contribution in [0.3, 0.4) is 0 Å². The fourth-order valence-electron chi connectivity index (χ4n) is 20.1. The third-order valence-corrected chi connectivity index (χ3v) is 24.9. The summed E-state index contributed by atoms with van der Waals surface area (Å²) in [5.74, 6) is 21.4. The van der Waals surface area contributed by atoms with E-state index in [-0.39, 0.29) is 47.8 Å². The molecule has 482 valence electrons. The lowest BCUT2D eigenvalue weighted by Gasteiger charge is -2.58. The first-order valence-electron chi connectivity index (χ1n) is 35.8. The molecule has 10 nitrogen and oxygen atoms in total. The molecule has 0 aromatic carbocycles. The summed E-state index contributed by atoms with van der Waals surface area (Å²) in [5, 5.41) is 5.55. The van der Waals surface area contributed by atoms with Gasteiger partial charge in [0, 0.05) is 51.6 Å². The van der Waals surface area contributed by atoms with Gasteiger partial charge in [-0.1, -0.05) is 143 Å². The summed E-state index contributed by atoms with van der Waals surface area (Å²) in [5.41, 5.74) is 4.53. The van der Waals surface area contributed by atoms with Crippen molar-refractivity contribution in [2.75, 3.05) is 26.3 Å². The monoisotopic (exact) mass is 1190 g/mol. The summed E-state index contributed by atoms with van der Waals surface area (Å²) in [6, 6.07) is 0. The van der Waals surface area contributed by atoms with Crippen molar-refractivity contribution in [3.63, 3.8) is 0 Å². The maximum atomic E-state index is 12.9. The van der Waals surface area contributed by atoms with Gasteiger partial charge in [-0.15, -0.1) is 0 Å². The Hall–Kier alpha value is -3.92. The standard InChI is InChI=1S/C76H120N2O8/c1-53(2)25-21-27-55(5)63-35-37-65-61-33-31-57-51-59(39-43-73(57,7)67(61)41-45-75(63,65)9)85-69(79)29-23-47-77-71(81)83-49-19-17-15-13-11-12-14-16-18-20-50-84-72(82)78-48-24-30-70(80)86-60-40-44-74(8)58(52-60)32-34-62-66-38-36-64(56(6)28-22-26-54(3)4)76(66,10)46-42-68(62)74/h31-32,53-56,59-68H,15-30,33-52H2,1-10H3,(H,77,81)(H,78,82)/t55-,56-,59+,60+,61+,62+,63-,64-,65+,66+,67+,68+,73+,74+,75-,76-/m1/s1. The van der Waals surface area contributed by atoms with Crippen molar-refractivity contribution in [1.82, 2.24) is 10.6 Å². The molecule has 86 heavy (non-hydrogen) atoms. The van der Waals surface area contributed by atoms with Crippen molar-refractivity contribution in [2.45, 2.75) is 287 Å². The largest absolute Gasteiger partial charge is 0.462 e. The van der Waals surface area contributed by atoms with Crippen LogP contribution in [0.15, 0.2) is 23.3 Å². The molecule has 0 heterocycles. The number of allylic oxidation sites excluding steroid dienone is 2. The van der Waals surface area contributed by atoms with E-state index in [0.717, 1.165) is 122 Å². The number of ether oxygens (including phenoxy) is 4. The Morgan fingerprint density at radius 1 is 0.500 bits per heavy atom. The van der Waals surface area contributed by atoms with Crippen LogP contribution < -0.4 is 10.6 Å². The highest BCUT2D eigenvalue weighted by Gasteiger charge is 2.61. The maximum absolute atomic E-state index is 12.9. The number of rotatable bonds is 28. The topological polar surface area (TPSA) is 129 Å². The Morgan fingerprint density at radius 3 is 1.33 bits per heavy atom. The Kier molecular flexibility index (Phi) is 25.1. The number of esters is 2. The van der Waals surface area contributed by atoms with Crippen LogP contribution in [0, 0.1) is 116 Å². The number of fused-ring (bicyclic) bond motifs is 10. The van der Waals surface area contributed by atoms with Gasteiger partial charge >= 0.3 is 24.1 Å². The molecule has 0 aromatic heterocycles. The second-order valence-corrected chi connectivity index (χ2v) is 31.1. The lowest BCUT2D eigenvalue weighted by Crippen LogP contribution is -2.51. The zero-order chi connectivity index (χ0) is 61.5. The highest BCUT2D eigenvalue weighted by atomic mass is 16.6. The van der Waals surface area contributed by atoms with Crippen molar-refractivity contribution >= 4 is 24.1 Å². The third kappa shape index (κ3) is 17.1. The third-order valence-electron chi connectivity index (χ3n) is 24.9. The highest BCUT2D eigenvalue weighted by Crippen LogP contribution is 2.69. The quantitative estimate of drug-likeness (QED) is 0.0261. The first-order chi connectivity index (χ1) is 41.2. The fourth-order valence-corrected chi connectivity index (χ4v) is 20.1. The SMILES string of the molecule is CC(C)CCC[C@@H](C)[C@H]1CC[C@H]2[C@@H]3CC=C4C[C@@H](OC(=O)CCCNC(=O)OCCCCC#CC#CCCCCOC(=O)NCCCC(=O)O[C@H]5CC[C@@]6(C)C(=CC[C@H]7[C@@H]8CC[C@H]([C@H](C)CCCC(C)C)[C@@]8(C)CC[C@@H]76)C5)CC[C@]4(C)[C@H]3CC[C@]12C. The fraction of sp³-hybridized carbons (Fsp3) is 0.842. The number of carbonyl (C=O) groups is 4. The minimum Gasteiger partial charge on any atom is -0.462 e. The number of amides is 2. The first kappa shape index (κ1) is 68.0. The van der Waals surface area contributed by atoms with Crippen LogP contribution in [0.5, 0.6) is 0 Å². The Labute approximate surface area is 523 Å². The lowest BCUT2D eigenvalue weighted by atomic mass is 9.47. The van der Waals surface area contributed by atoms with Gasteiger partial charge < -0.3 is 29.6 Å². The average molecular weight is 1190 g/mol. The van der Waals surface area contributed by atoms with E-state index < -0.39 is 12.2 Å². The van der Waals surface area contributed by atoms with E-state index in [0.29, 0.717) is 75.7 Å². The van der Waals surface area contributed by atoms with Gasteiger partial charge in [0.05, 0.1) is 13.2 Å². The Morgan fingerprint density at radius 2 is 0.919 bits per heavy atom. The second kappa shape index (κ2) is 31.7. The summed E-state index contributed by atoms with van der Waals surface area (Å²) in [6.07, 6.45) is 37.6. The van der Waals surface area contributed by atoms with Crippen LogP contribution in [0.1, 0.15) is 275 Å². The molecule has 16 atom stereocenters. The molecule has 8 aliphatic carbocycles. The average Bonchev–Trinajstić information content (AvgIpc) is 1.34. The van der Waals surface area contributed by atoms with E-state index in [2.05, 4.69) is 116 Å². The molecule has 8 aliphatic rings. The van der Waals surface area contributed by atoms with Gasteiger partial charge in [0.15, 0.2) is 0 Å². The summed E-state index contributed by atoms with van der Waals surface area (Å²) >= 11 is 0. The molecule has 0 radical (unpaired) electrons. The minimum atomic E-state index is -0.464. The van der Waals surface area contributed by atoms with Crippen LogP contribution in [-0.2, 0) is 28.5 Å². The first-order valence-corrected chi connectivity index (χ1v) is 35.8. The van der Waals surface area contributed by atoms with Gasteiger partial charge in [-0.2, -0.15) is 0 Å². The Balaban J connectivity index is 0.590. The molecule has 8 rings (SSSR count). The molecular weight excluding hydrogens is 1070 g/mol. The van der Waals surface area contributed by atoms with Gasteiger partial charge in [-0.3, -0.25) is 9.59 Å². The molecule has 0 unspecified atom stereocenters. The van der Waals surface area contributed by atoms with Gasteiger partial charge in [0.25, 0.3) is 0 Å². The normalized spacial score (nSPS) is 33.9. The summed E-state index contributed by atoms with van der Waals surface area (Å²) < 4.78 is 22.8. The van der Waals surface area contributed by atoms with Gasteiger partial charge in [-0.05, 0) is 233 Å². The van der Waals surface area contributed by atoms with E-state index in [1.54, 1.807) is 11.1 Å². The number of hydrogen-bond donors (Lipinski definition) is 2. The zero-order valence-electron chi connectivity index (χ0n) is 56.0. The summed E-state index contributed by atoms with van der Waals surface area (Å²) in [7, 11) is 0. The smallest absolute Gasteiger partial charge is 0.407 e. The number of alkyl carbamates (subject to hydrolysis) is 2. The van der Waals surface area contributed by atoms with Gasteiger partial charge in [-0.25, -0.2) is 9.59 Å². The van der Waals surface area contributed by atoms with Crippen LogP contribution in [-0.4, -0.2) is 62.6 Å². The molecule has 0 saturated heterocycles. The lowest BCUT2D eigenvalue weighted by molar-refractivity contribution is -0.152. The van der Waals surface area contributed by atoms with Crippen molar-refractivity contribution in [3.8, 4) is 23.7 Å². The van der Waals surface area contributed by atoms with E-state index in [9.17, 15) is 19.2 Å². The maximum Gasteiger partial charge on any atom is 0.407 e. The van der Waals surface area contributed by atoms with Gasteiger partial charge in [0.1, 0.15) is 12.2 Å². The van der Waals surface area contributed by atoms with Crippen molar-refractivity contribution in [1.29, 1.82) is 0 Å². The number of carbonyl (C=O) groups excluding carboxylic acids is 4. The van der Waals surface area contributed by atoms with Crippen molar-refractivity contribution in [3.05, 3.63) is 23.3 Å². The summed E-state index contributed by atoms with van der Waals surface area (Å²) in [6.45, 7) is 26.3. The van der Waals surface area contributed by atoms with Crippen molar-refractivity contribution in [2.24, 2.45) is 92.7 Å². The molecule has 2 amide bonds. The van der Waals surface area contributed by atoms with E-state index in [1.807, 2.05) is 0 Å². The number of nitrogens with one attached hydrogen (secondary N) is 2. The summed E-state index contributed by atoms with van der Waals surface area (Å²) in [4.78, 5) is 50.4. The number of hydrogen-bond acceptors (Lipinski definition) is 8. The molecule has 0 aliphatic heterocycles. The van der Waals surface area contributed by atoms with Crippen LogP contribution in [0.2, 0.25) is 0 Å². The predicted octanol–water partition coefficient (Wildman–Crippen LogP) is 18.3. The van der Waals surface area contributed by atoms with E-state index >= 15 is 0 Å². The van der Waals surface area contributed by atoms with Crippen LogP contribution in [0.4, 0.5) is 9.59 Å². The molecule has 2 N–H and O–H groups in total. The van der Waals surface area contributed by atoms with Crippen molar-refractivity contribution < 1.29 is 38.1 Å². The van der Waals surface area contributed by atoms with E-state index in [4.69, 9.17) is 18.9 Å². The molecule has 0 spiro atoms. The van der Waals surface area contributed by atoms with Crippen LogP contribution in [0.25, 0.3) is 0 Å². The molecule has 6 fully saturated rings. The Bertz CT molecular complexity index is 2270. The molecular formula is C76H120N2O8. The second-order valence-electron chi connectivity index (χ2n) is 31.1. The van der Waals surface area contributed by atoms with E-state index in [1.165, 1.54) is 103 Å². The zero-order valence-corrected chi connectivity index (χ0v) is 56.0.